The molecule has 2 amide bonds. The number of anilines is 2. The van der Waals surface area contributed by atoms with Crippen LogP contribution in [0.25, 0.3) is 0 Å². The number of carbonyl (C=O) groups is 2. The molecule has 3 N–H and O–H groups in total. The summed E-state index contributed by atoms with van der Waals surface area (Å²) >= 11 is 6.20. The Bertz CT molecular complexity index is 1080. The van der Waals surface area contributed by atoms with Gasteiger partial charge in [0.1, 0.15) is 6.04 Å². The van der Waals surface area contributed by atoms with Crippen molar-refractivity contribution in [1.29, 1.82) is 0 Å². The van der Waals surface area contributed by atoms with Crippen LogP contribution in [0.15, 0.2) is 72.8 Å². The van der Waals surface area contributed by atoms with Crippen molar-refractivity contribution in [2.45, 2.75) is 31.8 Å². The highest BCUT2D eigenvalue weighted by atomic mass is 35.5. The van der Waals surface area contributed by atoms with Crippen molar-refractivity contribution in [2.24, 2.45) is 0 Å². The Kier molecular flexibility index (Phi) is 6.23. The minimum Gasteiger partial charge on any atom is -0.370 e. The third-order valence-electron chi connectivity index (χ3n) is 5.21. The van der Waals surface area contributed by atoms with Crippen LogP contribution in [-0.4, -0.2) is 17.9 Å². The number of benzene rings is 3. The number of carbonyl (C=O) groups excluding carboxylic acids is 2. The van der Waals surface area contributed by atoms with Crippen molar-refractivity contribution >= 4 is 34.8 Å². The monoisotopic (exact) mass is 433 g/mol. The van der Waals surface area contributed by atoms with E-state index < -0.39 is 6.04 Å². The first-order chi connectivity index (χ1) is 15.0. The van der Waals surface area contributed by atoms with E-state index in [4.69, 9.17) is 11.6 Å². The molecule has 0 bridgehead atoms. The van der Waals surface area contributed by atoms with Gasteiger partial charge >= 0.3 is 0 Å². The zero-order valence-electron chi connectivity index (χ0n) is 17.2. The van der Waals surface area contributed by atoms with Crippen molar-refractivity contribution < 1.29 is 9.59 Å². The summed E-state index contributed by atoms with van der Waals surface area (Å²) in [5.74, 6) is -0.274. The Balaban J connectivity index is 1.51. The van der Waals surface area contributed by atoms with Gasteiger partial charge in [0.15, 0.2) is 0 Å². The summed E-state index contributed by atoms with van der Waals surface area (Å²) < 4.78 is 0. The Morgan fingerprint density at radius 2 is 1.61 bits per heavy atom. The summed E-state index contributed by atoms with van der Waals surface area (Å²) in [6.07, 6.45) is 2.09. The van der Waals surface area contributed by atoms with E-state index >= 15 is 0 Å². The van der Waals surface area contributed by atoms with Gasteiger partial charge in [0, 0.05) is 28.0 Å². The van der Waals surface area contributed by atoms with Crippen molar-refractivity contribution in [2.75, 3.05) is 10.6 Å². The molecule has 0 aromatic heterocycles. The summed E-state index contributed by atoms with van der Waals surface area (Å²) in [4.78, 5) is 25.3. The highest BCUT2D eigenvalue weighted by molar-refractivity contribution is 6.31. The second kappa shape index (κ2) is 9.23. The summed E-state index contributed by atoms with van der Waals surface area (Å²) in [6, 6.07) is 21.8. The molecule has 0 saturated heterocycles. The zero-order chi connectivity index (χ0) is 21.8. The molecule has 31 heavy (non-hydrogen) atoms. The van der Waals surface area contributed by atoms with Crippen LogP contribution in [-0.2, 0) is 4.79 Å². The first kappa shape index (κ1) is 20.9. The minimum atomic E-state index is -0.618. The maximum Gasteiger partial charge on any atom is 0.251 e. The van der Waals surface area contributed by atoms with Crippen molar-refractivity contribution in [3.05, 3.63) is 94.5 Å². The second-order valence-corrected chi connectivity index (χ2v) is 8.17. The maximum atomic E-state index is 13.1. The zero-order valence-corrected chi connectivity index (χ0v) is 17.9. The molecule has 1 fully saturated rings. The fourth-order valence-electron chi connectivity index (χ4n) is 3.21. The Hall–Kier alpha value is -3.31. The van der Waals surface area contributed by atoms with Crippen molar-refractivity contribution in [3.63, 3.8) is 0 Å². The lowest BCUT2D eigenvalue weighted by molar-refractivity contribution is -0.117. The van der Waals surface area contributed by atoms with Crippen LogP contribution < -0.4 is 16.0 Å². The SMILES string of the molecule is Cc1ccc(NC(=O)C(Nc2ccc(C(=O)NC3CC3)cc2)c2ccccc2)cc1Cl. The maximum absolute atomic E-state index is 13.1. The lowest BCUT2D eigenvalue weighted by Crippen LogP contribution is -2.27. The predicted molar refractivity (Wildman–Crippen MR) is 125 cm³/mol. The van der Waals surface area contributed by atoms with Crippen LogP contribution in [0.2, 0.25) is 5.02 Å². The molecule has 0 radical (unpaired) electrons. The lowest BCUT2D eigenvalue weighted by atomic mass is 10.0. The van der Waals surface area contributed by atoms with Gasteiger partial charge in [-0.15, -0.1) is 0 Å². The van der Waals surface area contributed by atoms with E-state index in [-0.39, 0.29) is 11.8 Å². The number of aryl methyl sites for hydroxylation is 1. The van der Waals surface area contributed by atoms with Crippen LogP contribution in [0, 0.1) is 6.92 Å². The molecule has 1 saturated carbocycles. The highest BCUT2D eigenvalue weighted by Crippen LogP contribution is 2.25. The fraction of sp³-hybridized carbons (Fsp3) is 0.200. The molecule has 3 aromatic carbocycles. The lowest BCUT2D eigenvalue weighted by Gasteiger charge is -2.20. The third kappa shape index (κ3) is 5.44. The van der Waals surface area contributed by atoms with Crippen LogP contribution in [0.1, 0.15) is 40.4 Å². The molecule has 3 aromatic rings. The van der Waals surface area contributed by atoms with Gasteiger partial charge in [0.25, 0.3) is 11.8 Å². The van der Waals surface area contributed by atoms with E-state index in [0.29, 0.717) is 22.3 Å². The number of hydrogen-bond donors (Lipinski definition) is 3. The van der Waals surface area contributed by atoms with Gasteiger partial charge in [-0.3, -0.25) is 9.59 Å². The van der Waals surface area contributed by atoms with Gasteiger partial charge in [-0.1, -0.05) is 48.0 Å². The molecule has 1 aliphatic carbocycles. The Morgan fingerprint density at radius 3 is 2.26 bits per heavy atom. The van der Waals surface area contributed by atoms with E-state index in [2.05, 4.69) is 16.0 Å². The Morgan fingerprint density at radius 1 is 0.935 bits per heavy atom. The quantitative estimate of drug-likeness (QED) is 0.471. The van der Waals surface area contributed by atoms with Crippen molar-refractivity contribution in [3.8, 4) is 0 Å². The average Bonchev–Trinajstić information content (AvgIpc) is 3.59. The molecule has 1 atom stereocenters. The average molecular weight is 434 g/mol. The van der Waals surface area contributed by atoms with E-state index in [9.17, 15) is 9.59 Å². The summed E-state index contributed by atoms with van der Waals surface area (Å²) in [6.45, 7) is 1.91. The van der Waals surface area contributed by atoms with Gasteiger partial charge in [0.05, 0.1) is 0 Å². The van der Waals surface area contributed by atoms with Gasteiger partial charge in [-0.05, 0) is 67.3 Å². The molecule has 5 nitrogen and oxygen atoms in total. The topological polar surface area (TPSA) is 70.2 Å². The second-order valence-electron chi connectivity index (χ2n) is 7.77. The van der Waals surface area contributed by atoms with Crippen LogP contribution in [0.4, 0.5) is 11.4 Å². The molecule has 1 unspecified atom stereocenters. The number of nitrogens with one attached hydrogen (secondary N) is 3. The van der Waals surface area contributed by atoms with E-state index in [1.807, 2.05) is 61.5 Å². The molecule has 1 aliphatic rings. The summed E-state index contributed by atoms with van der Waals surface area (Å²) in [7, 11) is 0. The summed E-state index contributed by atoms with van der Waals surface area (Å²) in [5, 5.41) is 9.80. The van der Waals surface area contributed by atoms with Crippen molar-refractivity contribution in [1.82, 2.24) is 5.32 Å². The number of hydrogen-bond acceptors (Lipinski definition) is 3. The highest BCUT2D eigenvalue weighted by Gasteiger charge is 2.24. The number of rotatable bonds is 7. The molecule has 6 heteroatoms. The molecule has 0 heterocycles. The van der Waals surface area contributed by atoms with Gasteiger partial charge < -0.3 is 16.0 Å². The Labute approximate surface area is 186 Å². The van der Waals surface area contributed by atoms with Crippen LogP contribution in [0.5, 0.6) is 0 Å². The van der Waals surface area contributed by atoms with E-state index in [1.54, 1.807) is 18.2 Å². The fourth-order valence-corrected chi connectivity index (χ4v) is 3.39. The van der Waals surface area contributed by atoms with Crippen LogP contribution in [0.3, 0.4) is 0 Å². The smallest absolute Gasteiger partial charge is 0.251 e. The largest absolute Gasteiger partial charge is 0.370 e. The third-order valence-corrected chi connectivity index (χ3v) is 5.61. The number of amides is 2. The van der Waals surface area contributed by atoms with E-state index in [0.717, 1.165) is 29.7 Å². The van der Waals surface area contributed by atoms with Gasteiger partial charge in [-0.2, -0.15) is 0 Å². The van der Waals surface area contributed by atoms with E-state index in [1.165, 1.54) is 0 Å². The molecule has 4 rings (SSSR count). The minimum absolute atomic E-state index is 0.0670. The van der Waals surface area contributed by atoms with Gasteiger partial charge in [0.2, 0.25) is 0 Å². The van der Waals surface area contributed by atoms with Crippen LogP contribution >= 0.6 is 11.6 Å². The predicted octanol–water partition coefficient (Wildman–Crippen LogP) is 5.33. The standard InChI is InChI=1S/C25H24ClN3O2/c1-16-7-10-21(15-22(16)26)29-25(31)23(17-5-3-2-4-6-17)27-19-11-8-18(9-12-19)24(30)28-20-13-14-20/h2-12,15,20,23,27H,13-14H2,1H3,(H,28,30)(H,29,31). The molecule has 0 aliphatic heterocycles. The summed E-state index contributed by atoms with van der Waals surface area (Å²) in [5.41, 5.74) is 3.76. The first-order valence-electron chi connectivity index (χ1n) is 10.3. The molecule has 0 spiro atoms. The molecular formula is C25H24ClN3O2. The normalized spacial score (nSPS) is 13.9. The first-order valence-corrected chi connectivity index (χ1v) is 10.7. The van der Waals surface area contributed by atoms with Gasteiger partial charge in [-0.25, -0.2) is 0 Å². The number of halogens is 1. The molecular weight excluding hydrogens is 410 g/mol. The molecule has 158 valence electrons.